The molecule has 0 N–H and O–H groups in total. The van der Waals surface area contributed by atoms with Gasteiger partial charge in [-0.15, -0.1) is 11.6 Å². The molecule has 0 aliphatic heterocycles. The van der Waals surface area contributed by atoms with Gasteiger partial charge in [-0.3, -0.25) is 4.79 Å². The highest BCUT2D eigenvalue weighted by Gasteiger charge is 2.42. The Kier molecular flexibility index (Phi) is 3.06. The molecule has 0 aromatic heterocycles. The molecule has 0 bridgehead atoms. The Bertz CT molecular complexity index is 276. The molecule has 14 heavy (non-hydrogen) atoms. The van der Waals surface area contributed by atoms with E-state index in [1.165, 1.54) is 0 Å². The van der Waals surface area contributed by atoms with Crippen LogP contribution in [0.2, 0.25) is 0 Å². The minimum Gasteiger partial charge on any atom is -0.320 e. The van der Waals surface area contributed by atoms with Gasteiger partial charge in [0.2, 0.25) is 5.91 Å². The van der Waals surface area contributed by atoms with Crippen LogP contribution >= 0.6 is 11.6 Å². The molecular weight excluding hydrogens is 200 g/mol. The molecule has 4 heteroatoms. The van der Waals surface area contributed by atoms with Gasteiger partial charge in [0.25, 0.3) is 0 Å². The van der Waals surface area contributed by atoms with E-state index >= 15 is 0 Å². The van der Waals surface area contributed by atoms with E-state index in [1.807, 2.05) is 0 Å². The number of halogens is 1. The second kappa shape index (κ2) is 3.78. The predicted molar refractivity (Wildman–Crippen MR) is 54.9 cm³/mol. The highest BCUT2D eigenvalue weighted by atomic mass is 35.5. The van der Waals surface area contributed by atoms with Gasteiger partial charge < -0.3 is 4.90 Å². The van der Waals surface area contributed by atoms with Crippen molar-refractivity contribution < 1.29 is 4.79 Å². The van der Waals surface area contributed by atoms with Crippen LogP contribution in [0.15, 0.2) is 0 Å². The molecule has 1 atom stereocenters. The predicted octanol–water partition coefficient (Wildman–Crippen LogP) is 1.91. The molecule has 0 saturated heterocycles. The van der Waals surface area contributed by atoms with Gasteiger partial charge in [0.15, 0.2) is 0 Å². The molecule has 1 unspecified atom stereocenters. The molecule has 1 aliphatic carbocycles. The fraction of sp³-hybridized carbons (Fsp3) is 0.800. The molecule has 3 nitrogen and oxygen atoms in total. The molecule has 1 fully saturated rings. The Morgan fingerprint density at radius 1 is 1.64 bits per heavy atom. The standard InChI is InChI=1S/C10H15ClN2O/c1-7(11)9(14)13(8-4-5-8)10(2,3)6-12/h7-8H,4-5H2,1-3H3. The lowest BCUT2D eigenvalue weighted by Crippen LogP contribution is -2.50. The van der Waals surface area contributed by atoms with Crippen molar-refractivity contribution >= 4 is 17.5 Å². The van der Waals surface area contributed by atoms with Crippen LogP contribution in [0.5, 0.6) is 0 Å². The number of carbonyl (C=O) groups is 1. The van der Waals surface area contributed by atoms with E-state index in [0.717, 1.165) is 12.8 Å². The van der Waals surface area contributed by atoms with Crippen molar-refractivity contribution in [1.82, 2.24) is 4.90 Å². The Morgan fingerprint density at radius 3 is 2.43 bits per heavy atom. The Balaban J connectivity index is 2.85. The van der Waals surface area contributed by atoms with Gasteiger partial charge in [0.05, 0.1) is 6.07 Å². The topological polar surface area (TPSA) is 44.1 Å². The van der Waals surface area contributed by atoms with Crippen molar-refractivity contribution in [2.75, 3.05) is 0 Å². The lowest BCUT2D eigenvalue weighted by molar-refractivity contribution is -0.134. The zero-order chi connectivity index (χ0) is 10.9. The first kappa shape index (κ1) is 11.3. The maximum absolute atomic E-state index is 11.8. The smallest absolute Gasteiger partial charge is 0.241 e. The summed E-state index contributed by atoms with van der Waals surface area (Å²) < 4.78 is 0. The third-order valence-corrected chi connectivity index (χ3v) is 2.55. The first-order chi connectivity index (χ1) is 6.40. The molecule has 0 heterocycles. The molecule has 1 aliphatic rings. The minimum absolute atomic E-state index is 0.138. The average molecular weight is 215 g/mol. The second-order valence-electron chi connectivity index (χ2n) is 4.23. The van der Waals surface area contributed by atoms with Gasteiger partial charge in [0, 0.05) is 6.04 Å². The number of nitriles is 1. The third kappa shape index (κ3) is 2.19. The monoisotopic (exact) mass is 214 g/mol. The van der Waals surface area contributed by atoms with Crippen molar-refractivity contribution in [1.29, 1.82) is 5.26 Å². The Hall–Kier alpha value is -0.750. The largest absolute Gasteiger partial charge is 0.320 e. The zero-order valence-corrected chi connectivity index (χ0v) is 9.51. The molecule has 1 rings (SSSR count). The van der Waals surface area contributed by atoms with Crippen LogP contribution in [0.1, 0.15) is 33.6 Å². The summed E-state index contributed by atoms with van der Waals surface area (Å²) in [4.78, 5) is 13.4. The van der Waals surface area contributed by atoms with E-state index in [1.54, 1.807) is 25.7 Å². The zero-order valence-electron chi connectivity index (χ0n) is 8.75. The molecule has 0 aromatic rings. The fourth-order valence-electron chi connectivity index (χ4n) is 1.49. The van der Waals surface area contributed by atoms with Crippen LogP contribution in [-0.4, -0.2) is 27.8 Å². The summed E-state index contributed by atoms with van der Waals surface area (Å²) in [5.74, 6) is -0.138. The van der Waals surface area contributed by atoms with Crippen LogP contribution in [-0.2, 0) is 4.79 Å². The van der Waals surface area contributed by atoms with Crippen molar-refractivity contribution in [3.8, 4) is 6.07 Å². The quantitative estimate of drug-likeness (QED) is 0.674. The highest BCUT2D eigenvalue weighted by molar-refractivity contribution is 6.30. The van der Waals surface area contributed by atoms with Gasteiger partial charge in [-0.25, -0.2) is 0 Å². The molecule has 1 amide bonds. The number of hydrogen-bond acceptors (Lipinski definition) is 2. The molecule has 0 aromatic carbocycles. The van der Waals surface area contributed by atoms with Crippen molar-refractivity contribution in [3.05, 3.63) is 0 Å². The Morgan fingerprint density at radius 2 is 2.14 bits per heavy atom. The van der Waals surface area contributed by atoms with E-state index in [4.69, 9.17) is 16.9 Å². The van der Waals surface area contributed by atoms with Crippen LogP contribution < -0.4 is 0 Å². The number of alkyl halides is 1. The normalized spacial score (nSPS) is 18.5. The van der Waals surface area contributed by atoms with E-state index in [2.05, 4.69) is 6.07 Å². The SMILES string of the molecule is CC(Cl)C(=O)N(C1CC1)C(C)(C)C#N. The lowest BCUT2D eigenvalue weighted by Gasteiger charge is -2.34. The first-order valence-electron chi connectivity index (χ1n) is 4.78. The van der Waals surface area contributed by atoms with Crippen molar-refractivity contribution in [2.24, 2.45) is 0 Å². The first-order valence-corrected chi connectivity index (χ1v) is 5.22. The van der Waals surface area contributed by atoms with E-state index in [-0.39, 0.29) is 11.9 Å². The number of hydrogen-bond donors (Lipinski definition) is 0. The summed E-state index contributed by atoms with van der Waals surface area (Å²) in [5.41, 5.74) is -0.749. The molecule has 1 saturated carbocycles. The average Bonchev–Trinajstić information content (AvgIpc) is 2.88. The van der Waals surface area contributed by atoms with E-state index in [9.17, 15) is 4.79 Å². The summed E-state index contributed by atoms with van der Waals surface area (Å²) in [5, 5.41) is 8.43. The molecule has 78 valence electrons. The van der Waals surface area contributed by atoms with Gasteiger partial charge in [0.1, 0.15) is 10.9 Å². The number of amides is 1. The van der Waals surface area contributed by atoms with Gasteiger partial charge in [-0.1, -0.05) is 0 Å². The van der Waals surface area contributed by atoms with Crippen molar-refractivity contribution in [3.63, 3.8) is 0 Å². The number of nitrogens with zero attached hydrogens (tertiary/aromatic N) is 2. The van der Waals surface area contributed by atoms with Crippen LogP contribution in [0.25, 0.3) is 0 Å². The van der Waals surface area contributed by atoms with Crippen LogP contribution in [0, 0.1) is 11.3 Å². The van der Waals surface area contributed by atoms with Crippen LogP contribution in [0.4, 0.5) is 0 Å². The number of rotatable bonds is 3. The maximum Gasteiger partial charge on any atom is 0.241 e. The minimum atomic E-state index is -0.749. The van der Waals surface area contributed by atoms with Gasteiger partial charge in [-0.2, -0.15) is 5.26 Å². The summed E-state index contributed by atoms with van der Waals surface area (Å²) in [7, 11) is 0. The second-order valence-corrected chi connectivity index (χ2v) is 4.88. The molecular formula is C10H15ClN2O. The summed E-state index contributed by atoms with van der Waals surface area (Å²) in [6.07, 6.45) is 1.97. The number of carbonyl (C=O) groups excluding carboxylic acids is 1. The lowest BCUT2D eigenvalue weighted by atomic mass is 10.0. The molecule has 0 spiro atoms. The maximum atomic E-state index is 11.8. The van der Waals surface area contributed by atoms with Gasteiger partial charge in [-0.05, 0) is 33.6 Å². The van der Waals surface area contributed by atoms with E-state index in [0.29, 0.717) is 0 Å². The fourth-order valence-corrected chi connectivity index (χ4v) is 1.60. The van der Waals surface area contributed by atoms with Gasteiger partial charge >= 0.3 is 0 Å². The van der Waals surface area contributed by atoms with Crippen molar-refractivity contribution in [2.45, 2.75) is 50.6 Å². The summed E-state index contributed by atoms with van der Waals surface area (Å²) in [6.45, 7) is 5.15. The third-order valence-electron chi connectivity index (χ3n) is 2.37. The van der Waals surface area contributed by atoms with Crippen LogP contribution in [0.3, 0.4) is 0 Å². The van der Waals surface area contributed by atoms with E-state index < -0.39 is 10.9 Å². The summed E-state index contributed by atoms with van der Waals surface area (Å²) >= 11 is 5.76. The summed E-state index contributed by atoms with van der Waals surface area (Å²) in [6, 6.07) is 2.37. The highest BCUT2D eigenvalue weighted by Crippen LogP contribution is 2.33. The Labute approximate surface area is 89.6 Å². The molecule has 0 radical (unpaired) electrons.